The molecule has 6 nitrogen and oxygen atoms in total. The number of carbonyl (C=O) groups is 1. The summed E-state index contributed by atoms with van der Waals surface area (Å²) in [4.78, 5) is 20.0. The Hall–Kier alpha value is -2.72. The molecule has 0 fully saturated rings. The van der Waals surface area contributed by atoms with Gasteiger partial charge in [-0.15, -0.1) is 0 Å². The number of benzene rings is 1. The molecule has 1 aliphatic heterocycles. The predicted octanol–water partition coefficient (Wildman–Crippen LogP) is 3.66. The zero-order chi connectivity index (χ0) is 21.4. The van der Waals surface area contributed by atoms with E-state index in [9.17, 15) is 22.4 Å². The third-order valence-corrected chi connectivity index (χ3v) is 4.53. The number of halogens is 5. The summed E-state index contributed by atoms with van der Waals surface area (Å²) in [7, 11) is 0. The van der Waals surface area contributed by atoms with Gasteiger partial charge in [-0.1, -0.05) is 11.6 Å². The van der Waals surface area contributed by atoms with Crippen molar-refractivity contribution in [1.82, 2.24) is 4.98 Å². The van der Waals surface area contributed by atoms with Crippen molar-refractivity contribution in [1.29, 1.82) is 0 Å². The second kappa shape index (κ2) is 7.60. The van der Waals surface area contributed by atoms with Crippen LogP contribution in [-0.4, -0.2) is 35.6 Å². The lowest BCUT2D eigenvalue weighted by Gasteiger charge is -2.39. The van der Waals surface area contributed by atoms with E-state index in [1.54, 1.807) is 0 Å². The van der Waals surface area contributed by atoms with Crippen molar-refractivity contribution in [2.45, 2.75) is 24.7 Å². The van der Waals surface area contributed by atoms with Crippen molar-refractivity contribution >= 4 is 29.0 Å². The first-order valence-electron chi connectivity index (χ1n) is 8.26. The first kappa shape index (κ1) is 21.0. The number of nitrogens with one attached hydrogen (secondary N) is 1. The van der Waals surface area contributed by atoms with Crippen molar-refractivity contribution in [2.75, 3.05) is 11.9 Å². The Bertz CT molecular complexity index is 965. The Morgan fingerprint density at radius 1 is 1.34 bits per heavy atom. The molecule has 0 radical (unpaired) electrons. The van der Waals surface area contributed by atoms with Crippen molar-refractivity contribution in [2.24, 2.45) is 10.7 Å². The van der Waals surface area contributed by atoms with E-state index in [0.717, 1.165) is 19.1 Å². The van der Waals surface area contributed by atoms with E-state index in [4.69, 9.17) is 22.1 Å². The Morgan fingerprint density at radius 2 is 2.07 bits per heavy atom. The molecular weight excluding hydrogens is 416 g/mol. The second-order valence-electron chi connectivity index (χ2n) is 6.49. The van der Waals surface area contributed by atoms with Gasteiger partial charge in [0.1, 0.15) is 29.5 Å². The number of alkyl halides is 3. The maximum absolute atomic E-state index is 14.5. The van der Waals surface area contributed by atoms with Crippen LogP contribution in [0.1, 0.15) is 23.0 Å². The summed E-state index contributed by atoms with van der Waals surface area (Å²) in [5.74, 6) is -1.81. The van der Waals surface area contributed by atoms with E-state index in [-0.39, 0.29) is 17.2 Å². The average Bonchev–Trinajstić information content (AvgIpc) is 2.62. The fourth-order valence-electron chi connectivity index (χ4n) is 3.03. The fraction of sp³-hybridized carbons (Fsp3) is 0.278. The summed E-state index contributed by atoms with van der Waals surface area (Å²) in [6.45, 7) is 0.544. The largest absolute Gasteiger partial charge is 0.417 e. The van der Waals surface area contributed by atoms with Crippen LogP contribution in [0.2, 0.25) is 5.02 Å². The maximum atomic E-state index is 14.5. The smallest absolute Gasteiger partial charge is 0.386 e. The van der Waals surface area contributed by atoms with E-state index < -0.39 is 41.7 Å². The summed E-state index contributed by atoms with van der Waals surface area (Å²) in [6.07, 6.45) is -5.98. The molecule has 0 saturated heterocycles. The van der Waals surface area contributed by atoms with Crippen LogP contribution in [0.3, 0.4) is 0 Å². The summed E-state index contributed by atoms with van der Waals surface area (Å²) >= 11 is 5.72. The molecule has 3 N–H and O–H groups in total. The molecule has 0 spiro atoms. The Morgan fingerprint density at radius 3 is 2.69 bits per heavy atom. The lowest BCUT2D eigenvalue weighted by Crippen LogP contribution is -2.53. The van der Waals surface area contributed by atoms with Crippen LogP contribution in [0.5, 0.6) is 0 Å². The van der Waals surface area contributed by atoms with Gasteiger partial charge in [0.2, 0.25) is 0 Å². The highest BCUT2D eigenvalue weighted by molar-refractivity contribution is 6.30. The molecule has 1 amide bonds. The molecule has 154 valence electrons. The number of amides is 1. The summed E-state index contributed by atoms with van der Waals surface area (Å²) in [5.41, 5.74) is 3.02. The summed E-state index contributed by atoms with van der Waals surface area (Å²) < 4.78 is 59.8. The van der Waals surface area contributed by atoms with Crippen LogP contribution in [0, 0.1) is 5.82 Å². The standard InChI is InChI=1S/C18H15ClF4N4O2/c1-17(16(18(21,22)23)29-8-14(24)27-17)11-6-10(3-4-12(11)20)26-15(28)13-5-2-9(19)7-25-13/h2-7,16H,8H2,1H3,(H2,24,27)(H,26,28)/t16-,17+/m0/s1. The van der Waals surface area contributed by atoms with Gasteiger partial charge in [-0.25, -0.2) is 9.37 Å². The van der Waals surface area contributed by atoms with E-state index >= 15 is 0 Å². The summed E-state index contributed by atoms with van der Waals surface area (Å²) in [6, 6.07) is 6.01. The number of aliphatic imine (C=N–C) groups is 1. The van der Waals surface area contributed by atoms with Gasteiger partial charge in [-0.2, -0.15) is 13.2 Å². The number of nitrogens with two attached hydrogens (primary N) is 1. The SMILES string of the molecule is C[C@]1(c2cc(NC(=O)c3ccc(Cl)cn3)ccc2F)N=C(N)CO[C@@H]1C(F)(F)F. The van der Waals surface area contributed by atoms with Gasteiger partial charge in [0.15, 0.2) is 6.10 Å². The number of hydrogen-bond donors (Lipinski definition) is 2. The van der Waals surface area contributed by atoms with E-state index in [0.29, 0.717) is 5.02 Å². The molecular formula is C18H15ClF4N4O2. The molecule has 2 aromatic rings. The monoisotopic (exact) mass is 430 g/mol. The minimum atomic E-state index is -4.82. The fourth-order valence-corrected chi connectivity index (χ4v) is 3.14. The summed E-state index contributed by atoms with van der Waals surface area (Å²) in [5, 5.41) is 2.78. The van der Waals surface area contributed by atoms with Gasteiger partial charge in [-0.3, -0.25) is 9.79 Å². The minimum Gasteiger partial charge on any atom is -0.386 e. The number of nitrogens with zero attached hydrogens (tertiary/aromatic N) is 2. The number of pyridine rings is 1. The molecule has 0 bridgehead atoms. The van der Waals surface area contributed by atoms with Gasteiger partial charge in [-0.05, 0) is 37.3 Å². The number of hydrogen-bond acceptors (Lipinski definition) is 5. The number of anilines is 1. The van der Waals surface area contributed by atoms with Crippen molar-refractivity contribution in [3.63, 3.8) is 0 Å². The molecule has 1 aromatic heterocycles. The topological polar surface area (TPSA) is 89.6 Å². The van der Waals surface area contributed by atoms with Crippen LogP contribution in [0.15, 0.2) is 41.5 Å². The van der Waals surface area contributed by atoms with E-state index in [1.807, 2.05) is 0 Å². The Kier molecular flexibility index (Phi) is 5.50. The first-order chi connectivity index (χ1) is 13.5. The third-order valence-electron chi connectivity index (χ3n) is 4.31. The molecule has 2 atom stereocenters. The number of ether oxygens (including phenoxy) is 1. The van der Waals surface area contributed by atoms with Crippen molar-refractivity contribution in [3.05, 3.63) is 58.6 Å². The molecule has 0 saturated carbocycles. The number of amidine groups is 1. The highest BCUT2D eigenvalue weighted by Gasteiger charge is 2.56. The average molecular weight is 431 g/mol. The number of rotatable bonds is 3. The van der Waals surface area contributed by atoms with Gasteiger partial charge < -0.3 is 15.8 Å². The highest BCUT2D eigenvalue weighted by Crippen LogP contribution is 2.43. The second-order valence-corrected chi connectivity index (χ2v) is 6.93. The van der Waals surface area contributed by atoms with E-state index in [2.05, 4.69) is 15.3 Å². The minimum absolute atomic E-state index is 0.0166. The molecule has 3 rings (SSSR count). The van der Waals surface area contributed by atoms with Crippen LogP contribution >= 0.6 is 11.6 Å². The zero-order valence-corrected chi connectivity index (χ0v) is 15.7. The van der Waals surface area contributed by atoms with Crippen LogP contribution in [-0.2, 0) is 10.3 Å². The lowest BCUT2D eigenvalue weighted by molar-refractivity contribution is -0.238. The first-order valence-corrected chi connectivity index (χ1v) is 8.64. The number of carbonyl (C=O) groups excluding carboxylic acids is 1. The normalized spacial score (nSPS) is 22.1. The van der Waals surface area contributed by atoms with Gasteiger partial charge >= 0.3 is 6.18 Å². The lowest BCUT2D eigenvalue weighted by atomic mass is 9.84. The highest BCUT2D eigenvalue weighted by atomic mass is 35.5. The Balaban J connectivity index is 1.98. The molecule has 2 heterocycles. The molecule has 1 aromatic carbocycles. The van der Waals surface area contributed by atoms with Crippen molar-refractivity contribution < 1.29 is 27.1 Å². The van der Waals surface area contributed by atoms with E-state index in [1.165, 1.54) is 24.4 Å². The van der Waals surface area contributed by atoms with Crippen LogP contribution < -0.4 is 11.1 Å². The van der Waals surface area contributed by atoms with Crippen molar-refractivity contribution in [3.8, 4) is 0 Å². The number of aromatic nitrogens is 1. The van der Waals surface area contributed by atoms with Crippen LogP contribution in [0.25, 0.3) is 0 Å². The molecule has 29 heavy (non-hydrogen) atoms. The maximum Gasteiger partial charge on any atom is 0.417 e. The molecule has 1 aliphatic rings. The third kappa shape index (κ3) is 4.33. The molecule has 0 aliphatic carbocycles. The quantitative estimate of drug-likeness (QED) is 0.727. The van der Waals surface area contributed by atoms with Crippen LogP contribution in [0.4, 0.5) is 23.2 Å². The zero-order valence-electron chi connectivity index (χ0n) is 14.9. The van der Waals surface area contributed by atoms with Gasteiger partial charge in [0.05, 0.1) is 5.02 Å². The molecule has 11 heteroatoms. The predicted molar refractivity (Wildman–Crippen MR) is 98.4 cm³/mol. The molecule has 0 unspecified atom stereocenters. The van der Waals surface area contributed by atoms with Gasteiger partial charge in [0.25, 0.3) is 5.91 Å². The van der Waals surface area contributed by atoms with Gasteiger partial charge in [0, 0.05) is 17.4 Å². The Labute approximate surface area is 167 Å².